The van der Waals surface area contributed by atoms with Gasteiger partial charge >= 0.3 is 0 Å². The van der Waals surface area contributed by atoms with Gasteiger partial charge in [-0.05, 0) is 54.1 Å². The van der Waals surface area contributed by atoms with Crippen molar-refractivity contribution in [3.63, 3.8) is 0 Å². The molecule has 3 aromatic rings. The zero-order valence-corrected chi connectivity index (χ0v) is 16.5. The minimum Gasteiger partial charge on any atom is -0.497 e. The molecule has 0 fully saturated rings. The summed E-state index contributed by atoms with van der Waals surface area (Å²) in [5, 5.41) is 14.5. The fourth-order valence-electron chi connectivity index (χ4n) is 3.15. The molecule has 2 amide bonds. The third-order valence-corrected chi connectivity index (χ3v) is 4.65. The first-order valence-corrected chi connectivity index (χ1v) is 9.37. The summed E-state index contributed by atoms with van der Waals surface area (Å²) in [6, 6.07) is 22.8. The molecule has 0 spiro atoms. The number of anilines is 1. The van der Waals surface area contributed by atoms with Crippen LogP contribution in [0, 0.1) is 11.3 Å². The number of rotatable bonds is 6. The minimum atomic E-state index is -0.508. The average Bonchev–Trinajstić information content (AvgIpc) is 3.08. The van der Waals surface area contributed by atoms with E-state index in [0.29, 0.717) is 34.1 Å². The smallest absolute Gasteiger partial charge is 0.275 e. The molecule has 0 unspecified atom stereocenters. The predicted molar refractivity (Wildman–Crippen MR) is 114 cm³/mol. The lowest BCUT2D eigenvalue weighted by Crippen LogP contribution is -2.24. The molecule has 1 aliphatic heterocycles. The molecular formula is C24H17N3O4. The number of amides is 2. The summed E-state index contributed by atoms with van der Waals surface area (Å²) < 4.78 is 11.0. The van der Waals surface area contributed by atoms with Crippen molar-refractivity contribution in [1.29, 1.82) is 5.26 Å². The number of carbonyl (C=O) groups is 2. The molecule has 31 heavy (non-hydrogen) atoms. The average molecular weight is 411 g/mol. The molecule has 0 aliphatic carbocycles. The molecule has 0 saturated carbocycles. The standard InChI is InChI=1S/C24H17N3O4/c1-30-19-7-4-6-15(13-19)21-22(24(29)27-23(21)28)26-17-9-11-18(12-10-17)31-20-8-3-2-5-16(20)14-25/h2-13H,1H3,(H2,26,27,28,29). The van der Waals surface area contributed by atoms with Gasteiger partial charge in [0, 0.05) is 5.69 Å². The molecule has 0 atom stereocenters. The Morgan fingerprint density at radius 3 is 2.42 bits per heavy atom. The summed E-state index contributed by atoms with van der Waals surface area (Å²) in [5.41, 5.74) is 1.99. The van der Waals surface area contributed by atoms with Crippen LogP contribution in [-0.4, -0.2) is 18.9 Å². The van der Waals surface area contributed by atoms with Crippen LogP contribution in [0.1, 0.15) is 11.1 Å². The molecule has 7 nitrogen and oxygen atoms in total. The molecule has 0 bridgehead atoms. The minimum absolute atomic E-state index is 0.154. The predicted octanol–water partition coefficient (Wildman–Crippen LogP) is 3.84. The molecule has 0 saturated heterocycles. The fraction of sp³-hybridized carbons (Fsp3) is 0.0417. The molecular weight excluding hydrogens is 394 g/mol. The van der Waals surface area contributed by atoms with E-state index in [4.69, 9.17) is 9.47 Å². The highest BCUT2D eigenvalue weighted by molar-refractivity contribution is 6.36. The highest BCUT2D eigenvalue weighted by Gasteiger charge is 2.31. The quantitative estimate of drug-likeness (QED) is 0.598. The molecule has 0 aromatic heterocycles. The van der Waals surface area contributed by atoms with Gasteiger partial charge in [-0.15, -0.1) is 0 Å². The maximum atomic E-state index is 12.4. The number of nitriles is 1. The van der Waals surface area contributed by atoms with Crippen molar-refractivity contribution in [3.05, 3.63) is 89.6 Å². The largest absolute Gasteiger partial charge is 0.497 e. The number of ether oxygens (including phenoxy) is 2. The van der Waals surface area contributed by atoms with Crippen LogP contribution in [0.4, 0.5) is 5.69 Å². The number of carbonyl (C=O) groups excluding carboxylic acids is 2. The molecule has 3 aromatic carbocycles. The Balaban J connectivity index is 1.60. The lowest BCUT2D eigenvalue weighted by molar-refractivity contribution is -0.123. The van der Waals surface area contributed by atoms with E-state index >= 15 is 0 Å². The van der Waals surface area contributed by atoms with E-state index in [1.165, 1.54) is 7.11 Å². The molecule has 1 aliphatic rings. The van der Waals surface area contributed by atoms with E-state index in [9.17, 15) is 14.9 Å². The van der Waals surface area contributed by atoms with Gasteiger partial charge in [-0.25, -0.2) is 0 Å². The zero-order chi connectivity index (χ0) is 21.8. The maximum Gasteiger partial charge on any atom is 0.275 e. The van der Waals surface area contributed by atoms with Crippen LogP contribution in [0.3, 0.4) is 0 Å². The van der Waals surface area contributed by atoms with Crippen LogP contribution in [0.2, 0.25) is 0 Å². The number of nitrogens with zero attached hydrogens (tertiary/aromatic N) is 1. The maximum absolute atomic E-state index is 12.4. The second-order valence-corrected chi connectivity index (χ2v) is 6.62. The molecule has 0 radical (unpaired) electrons. The number of para-hydroxylation sites is 1. The summed E-state index contributed by atoms with van der Waals surface area (Å²) >= 11 is 0. The van der Waals surface area contributed by atoms with Crippen molar-refractivity contribution < 1.29 is 19.1 Å². The van der Waals surface area contributed by atoms with Gasteiger partial charge in [-0.1, -0.05) is 24.3 Å². The van der Waals surface area contributed by atoms with Crippen molar-refractivity contribution in [2.75, 3.05) is 12.4 Å². The van der Waals surface area contributed by atoms with Gasteiger partial charge in [0.1, 0.15) is 29.0 Å². The molecule has 2 N–H and O–H groups in total. The van der Waals surface area contributed by atoms with Crippen molar-refractivity contribution in [1.82, 2.24) is 5.32 Å². The Kier molecular flexibility index (Phi) is 5.37. The highest BCUT2D eigenvalue weighted by atomic mass is 16.5. The number of imide groups is 1. The number of methoxy groups -OCH3 is 1. The molecule has 7 heteroatoms. The first-order valence-electron chi connectivity index (χ1n) is 9.37. The van der Waals surface area contributed by atoms with Crippen LogP contribution in [0.5, 0.6) is 17.2 Å². The summed E-state index contributed by atoms with van der Waals surface area (Å²) in [7, 11) is 1.53. The second-order valence-electron chi connectivity index (χ2n) is 6.62. The summed E-state index contributed by atoms with van der Waals surface area (Å²) in [5.74, 6) is 0.576. The number of nitrogens with one attached hydrogen (secondary N) is 2. The van der Waals surface area contributed by atoms with Crippen molar-refractivity contribution >= 4 is 23.1 Å². The number of hydrogen-bond acceptors (Lipinski definition) is 6. The van der Waals surface area contributed by atoms with Crippen LogP contribution < -0.4 is 20.1 Å². The van der Waals surface area contributed by atoms with E-state index in [1.807, 2.05) is 0 Å². The van der Waals surface area contributed by atoms with E-state index < -0.39 is 11.8 Å². The summed E-state index contributed by atoms with van der Waals surface area (Å²) in [4.78, 5) is 24.8. The Morgan fingerprint density at radius 1 is 0.903 bits per heavy atom. The Morgan fingerprint density at radius 2 is 1.68 bits per heavy atom. The van der Waals surface area contributed by atoms with Crippen molar-refractivity contribution in [3.8, 4) is 23.3 Å². The highest BCUT2D eigenvalue weighted by Crippen LogP contribution is 2.29. The summed E-state index contributed by atoms with van der Waals surface area (Å²) in [6.07, 6.45) is 0. The SMILES string of the molecule is COc1cccc(C2=C(Nc3ccc(Oc4ccccc4C#N)cc3)C(=O)NC2=O)c1. The first-order chi connectivity index (χ1) is 15.1. The van der Waals surface area contributed by atoms with Gasteiger partial charge in [-0.2, -0.15) is 5.26 Å². The Hall–Kier alpha value is -4.57. The first kappa shape index (κ1) is 19.7. The normalized spacial score (nSPS) is 12.9. The van der Waals surface area contributed by atoms with Gasteiger partial charge in [0.05, 0.1) is 18.2 Å². The van der Waals surface area contributed by atoms with Crippen LogP contribution >= 0.6 is 0 Å². The van der Waals surface area contributed by atoms with Gasteiger partial charge in [0.2, 0.25) is 0 Å². The summed E-state index contributed by atoms with van der Waals surface area (Å²) in [6.45, 7) is 0. The Labute approximate surface area is 178 Å². The van der Waals surface area contributed by atoms with Gasteiger partial charge < -0.3 is 14.8 Å². The third-order valence-electron chi connectivity index (χ3n) is 4.65. The third kappa shape index (κ3) is 4.09. The molecule has 152 valence electrons. The topological polar surface area (TPSA) is 100 Å². The Bertz CT molecular complexity index is 1240. The van der Waals surface area contributed by atoms with Crippen LogP contribution in [0.15, 0.2) is 78.5 Å². The molecule has 1 heterocycles. The van der Waals surface area contributed by atoms with E-state index in [0.717, 1.165) is 0 Å². The monoisotopic (exact) mass is 411 g/mol. The van der Waals surface area contributed by atoms with Gasteiger partial charge in [-0.3, -0.25) is 14.9 Å². The van der Waals surface area contributed by atoms with Crippen molar-refractivity contribution in [2.45, 2.75) is 0 Å². The van der Waals surface area contributed by atoms with E-state index in [2.05, 4.69) is 16.7 Å². The fourth-order valence-corrected chi connectivity index (χ4v) is 3.15. The van der Waals surface area contributed by atoms with Crippen molar-refractivity contribution in [2.24, 2.45) is 0 Å². The molecule has 4 rings (SSSR count). The lowest BCUT2D eigenvalue weighted by atomic mass is 10.0. The zero-order valence-electron chi connectivity index (χ0n) is 16.5. The lowest BCUT2D eigenvalue weighted by Gasteiger charge is -2.11. The second kappa shape index (κ2) is 8.43. The van der Waals surface area contributed by atoms with Gasteiger partial charge in [0.25, 0.3) is 11.8 Å². The van der Waals surface area contributed by atoms with Gasteiger partial charge in [0.15, 0.2) is 0 Å². The van der Waals surface area contributed by atoms with E-state index in [-0.39, 0.29) is 11.3 Å². The van der Waals surface area contributed by atoms with Crippen LogP contribution in [0.25, 0.3) is 5.57 Å². The number of benzene rings is 3. The van der Waals surface area contributed by atoms with Crippen LogP contribution in [-0.2, 0) is 9.59 Å². The van der Waals surface area contributed by atoms with E-state index in [1.54, 1.807) is 72.8 Å². The number of hydrogen-bond donors (Lipinski definition) is 2.